The van der Waals surface area contributed by atoms with Crippen molar-refractivity contribution in [1.82, 2.24) is 0 Å². The van der Waals surface area contributed by atoms with E-state index in [-0.39, 0.29) is 18.4 Å². The molecule has 2 rings (SSSR count). The molecule has 2 nitrogen and oxygen atoms in total. The van der Waals surface area contributed by atoms with E-state index in [2.05, 4.69) is 5.16 Å². The molecule has 0 saturated heterocycles. The number of allylic oxidation sites excluding steroid dienone is 1. The van der Waals surface area contributed by atoms with E-state index in [1.54, 1.807) is 6.08 Å². The fraction of sp³-hybridized carbons (Fsp3) is 0.625. The molecule has 0 aromatic rings. The van der Waals surface area contributed by atoms with Gasteiger partial charge < -0.3 is 4.84 Å². The highest BCUT2D eigenvalue weighted by atomic mass is 19.4. The van der Waals surface area contributed by atoms with Gasteiger partial charge in [0.15, 0.2) is 5.71 Å². The van der Waals surface area contributed by atoms with E-state index in [9.17, 15) is 13.2 Å². The van der Waals surface area contributed by atoms with Crippen molar-refractivity contribution in [3.63, 3.8) is 0 Å². The van der Waals surface area contributed by atoms with Crippen molar-refractivity contribution in [2.45, 2.75) is 25.1 Å². The second kappa shape index (κ2) is 2.75. The Morgan fingerprint density at radius 2 is 2.23 bits per heavy atom. The molecule has 0 fully saturated rings. The molecule has 72 valence electrons. The number of oxime groups is 1. The summed E-state index contributed by atoms with van der Waals surface area (Å²) in [6.45, 7) is 0. The summed E-state index contributed by atoms with van der Waals surface area (Å²) >= 11 is 0. The fourth-order valence-corrected chi connectivity index (χ4v) is 1.58. The molecule has 0 unspecified atom stereocenters. The monoisotopic (exact) mass is 191 g/mol. The van der Waals surface area contributed by atoms with Crippen LogP contribution in [0.3, 0.4) is 0 Å². The number of halogens is 3. The maximum atomic E-state index is 12.2. The van der Waals surface area contributed by atoms with Gasteiger partial charge in [0.25, 0.3) is 0 Å². The first-order chi connectivity index (χ1) is 6.07. The summed E-state index contributed by atoms with van der Waals surface area (Å²) in [5.74, 6) is -0.0749. The van der Waals surface area contributed by atoms with Crippen molar-refractivity contribution in [3.8, 4) is 0 Å². The van der Waals surface area contributed by atoms with E-state index in [4.69, 9.17) is 4.84 Å². The van der Waals surface area contributed by atoms with E-state index in [0.717, 1.165) is 0 Å². The molecule has 1 aliphatic heterocycles. The first kappa shape index (κ1) is 8.59. The molecule has 0 saturated carbocycles. The van der Waals surface area contributed by atoms with Crippen molar-refractivity contribution in [2.75, 3.05) is 0 Å². The number of hydrogen-bond donors (Lipinski definition) is 0. The lowest BCUT2D eigenvalue weighted by Crippen LogP contribution is -2.33. The predicted molar refractivity (Wildman–Crippen MR) is 40.2 cm³/mol. The van der Waals surface area contributed by atoms with Gasteiger partial charge in [0.05, 0.1) is 0 Å². The van der Waals surface area contributed by atoms with E-state index >= 15 is 0 Å². The third-order valence-electron chi connectivity index (χ3n) is 2.30. The normalized spacial score (nSPS) is 32.4. The van der Waals surface area contributed by atoms with Gasteiger partial charge in [-0.15, -0.1) is 0 Å². The first-order valence-electron chi connectivity index (χ1n) is 4.04. The van der Waals surface area contributed by atoms with Crippen LogP contribution in [-0.2, 0) is 4.84 Å². The van der Waals surface area contributed by atoms with Gasteiger partial charge in [0.2, 0.25) is 0 Å². The standard InChI is InChI=1S/C8H8F3NO/c9-8(10,11)7-4-5-2-1-3-6(5)13-12-7/h1,3,5-6H,2,4H2/t5-,6-/m0/s1. The summed E-state index contributed by atoms with van der Waals surface area (Å²) in [4.78, 5) is 4.72. The molecule has 0 radical (unpaired) electrons. The minimum absolute atomic E-state index is 0.0266. The number of nitrogens with zero attached hydrogens (tertiary/aromatic N) is 1. The first-order valence-corrected chi connectivity index (χ1v) is 4.04. The molecule has 0 bridgehead atoms. The number of fused-ring (bicyclic) bond motifs is 1. The second-order valence-electron chi connectivity index (χ2n) is 3.23. The average molecular weight is 191 g/mol. The topological polar surface area (TPSA) is 21.6 Å². The molecule has 0 spiro atoms. The van der Waals surface area contributed by atoms with Crippen molar-refractivity contribution in [3.05, 3.63) is 12.2 Å². The summed E-state index contributed by atoms with van der Waals surface area (Å²) < 4.78 is 36.5. The van der Waals surface area contributed by atoms with Crippen molar-refractivity contribution in [2.24, 2.45) is 11.1 Å². The largest absolute Gasteiger partial charge is 0.432 e. The third-order valence-corrected chi connectivity index (χ3v) is 2.30. The molecular formula is C8H8F3NO. The van der Waals surface area contributed by atoms with Crippen LogP contribution < -0.4 is 0 Å². The van der Waals surface area contributed by atoms with Gasteiger partial charge in [-0.05, 0) is 12.5 Å². The van der Waals surface area contributed by atoms with Crippen LogP contribution in [0.2, 0.25) is 0 Å². The molecule has 2 aliphatic rings. The van der Waals surface area contributed by atoms with Crippen LogP contribution in [0.5, 0.6) is 0 Å². The third kappa shape index (κ3) is 1.55. The van der Waals surface area contributed by atoms with Gasteiger partial charge in [-0.1, -0.05) is 11.2 Å². The molecule has 5 heteroatoms. The molecular weight excluding hydrogens is 183 g/mol. The number of alkyl halides is 3. The summed E-state index contributed by atoms with van der Waals surface area (Å²) in [6.07, 6.45) is -0.355. The van der Waals surface area contributed by atoms with Gasteiger partial charge in [0.1, 0.15) is 6.10 Å². The Morgan fingerprint density at radius 3 is 2.92 bits per heavy atom. The van der Waals surface area contributed by atoms with Crippen LogP contribution in [-0.4, -0.2) is 18.0 Å². The van der Waals surface area contributed by atoms with Gasteiger partial charge in [-0.3, -0.25) is 0 Å². The highest BCUT2D eigenvalue weighted by molar-refractivity contribution is 5.89. The van der Waals surface area contributed by atoms with Crippen LogP contribution >= 0.6 is 0 Å². The number of rotatable bonds is 0. The van der Waals surface area contributed by atoms with Crippen LogP contribution in [0.1, 0.15) is 12.8 Å². The Labute approximate surface area is 73.1 Å². The molecule has 13 heavy (non-hydrogen) atoms. The summed E-state index contributed by atoms with van der Waals surface area (Å²) in [5.41, 5.74) is -0.794. The fourth-order valence-electron chi connectivity index (χ4n) is 1.58. The Bertz CT molecular complexity index is 269. The molecule has 0 aromatic carbocycles. The van der Waals surface area contributed by atoms with E-state index in [1.807, 2.05) is 6.08 Å². The van der Waals surface area contributed by atoms with Crippen molar-refractivity contribution >= 4 is 5.71 Å². The summed E-state index contributed by atoms with van der Waals surface area (Å²) in [5, 5.41) is 3.08. The molecule has 1 aliphatic carbocycles. The second-order valence-corrected chi connectivity index (χ2v) is 3.23. The van der Waals surface area contributed by atoms with Gasteiger partial charge in [-0.2, -0.15) is 13.2 Å². The highest BCUT2D eigenvalue weighted by Crippen LogP contribution is 2.33. The van der Waals surface area contributed by atoms with Crippen LogP contribution in [0, 0.1) is 5.92 Å². The van der Waals surface area contributed by atoms with E-state index in [0.29, 0.717) is 6.42 Å². The van der Waals surface area contributed by atoms with Gasteiger partial charge >= 0.3 is 6.18 Å². The zero-order chi connectivity index (χ0) is 9.47. The maximum absolute atomic E-state index is 12.2. The molecule has 2 atom stereocenters. The predicted octanol–water partition coefficient (Wildman–Crippen LogP) is 2.27. The lowest BCUT2D eigenvalue weighted by atomic mass is 9.96. The number of hydrogen-bond acceptors (Lipinski definition) is 2. The minimum atomic E-state index is -4.34. The lowest BCUT2D eigenvalue weighted by molar-refractivity contribution is -0.0726. The average Bonchev–Trinajstić information content (AvgIpc) is 2.47. The highest BCUT2D eigenvalue weighted by Gasteiger charge is 2.42. The summed E-state index contributed by atoms with van der Waals surface area (Å²) in [7, 11) is 0. The zero-order valence-electron chi connectivity index (χ0n) is 6.71. The van der Waals surface area contributed by atoms with E-state index in [1.165, 1.54) is 0 Å². The van der Waals surface area contributed by atoms with Crippen LogP contribution in [0.15, 0.2) is 17.3 Å². The van der Waals surface area contributed by atoms with Crippen LogP contribution in [0.4, 0.5) is 13.2 Å². The summed E-state index contributed by atoms with van der Waals surface area (Å²) in [6, 6.07) is 0. The Balaban J connectivity index is 2.11. The quantitative estimate of drug-likeness (QED) is 0.538. The molecule has 0 amide bonds. The zero-order valence-corrected chi connectivity index (χ0v) is 6.71. The molecule has 0 N–H and O–H groups in total. The molecule has 1 heterocycles. The van der Waals surface area contributed by atoms with Gasteiger partial charge in [0, 0.05) is 12.3 Å². The smallest absolute Gasteiger partial charge is 0.388 e. The minimum Gasteiger partial charge on any atom is -0.388 e. The van der Waals surface area contributed by atoms with Crippen molar-refractivity contribution < 1.29 is 18.0 Å². The Hall–Kier alpha value is -1.00. The van der Waals surface area contributed by atoms with E-state index < -0.39 is 11.9 Å². The maximum Gasteiger partial charge on any atom is 0.432 e. The Kier molecular flexibility index (Phi) is 1.82. The van der Waals surface area contributed by atoms with Crippen molar-refractivity contribution in [1.29, 1.82) is 0 Å². The Morgan fingerprint density at radius 1 is 1.46 bits per heavy atom. The molecule has 0 aromatic heterocycles. The SMILES string of the molecule is FC(F)(F)C1=NO[C@H]2C=CC[C@H]2C1. The van der Waals surface area contributed by atoms with Crippen LogP contribution in [0.25, 0.3) is 0 Å². The van der Waals surface area contributed by atoms with Gasteiger partial charge in [-0.25, -0.2) is 0 Å². The lowest BCUT2D eigenvalue weighted by Gasteiger charge is -2.24.